The predicted molar refractivity (Wildman–Crippen MR) is 122 cm³/mol. The number of fused-ring (bicyclic) bond motifs is 2. The van der Waals surface area contributed by atoms with Crippen LogP contribution in [0.1, 0.15) is 29.5 Å². The number of carbonyl (C=O) groups is 1. The molecule has 3 aromatic rings. The van der Waals surface area contributed by atoms with Crippen molar-refractivity contribution in [1.82, 2.24) is 15.2 Å². The monoisotopic (exact) mass is 419 g/mol. The smallest absolute Gasteiger partial charge is 0.251 e. The van der Waals surface area contributed by atoms with E-state index in [1.165, 1.54) is 11.1 Å². The molecule has 2 aromatic carbocycles. The Bertz CT molecular complexity index is 1120. The molecule has 0 saturated carbocycles. The van der Waals surface area contributed by atoms with Crippen LogP contribution in [0, 0.1) is 0 Å². The van der Waals surface area contributed by atoms with Crippen LogP contribution in [-0.4, -0.2) is 42.5 Å². The number of H-pyrrole nitrogens is 1. The van der Waals surface area contributed by atoms with Crippen LogP contribution in [0.2, 0.25) is 0 Å². The Labute approximate surface area is 182 Å². The van der Waals surface area contributed by atoms with E-state index in [0.717, 1.165) is 49.1 Å². The van der Waals surface area contributed by atoms with Crippen molar-refractivity contribution in [3.63, 3.8) is 0 Å². The number of rotatable bonds is 8. The molecule has 0 unspecified atom stereocenters. The van der Waals surface area contributed by atoms with Crippen LogP contribution < -0.4 is 15.6 Å². The molecule has 0 aliphatic carbocycles. The topological polar surface area (TPSA) is 74.4 Å². The fraction of sp³-hybridized carbons (Fsp3) is 0.360. The molecule has 6 nitrogen and oxygen atoms in total. The van der Waals surface area contributed by atoms with Gasteiger partial charge in [0.1, 0.15) is 5.75 Å². The molecule has 31 heavy (non-hydrogen) atoms. The van der Waals surface area contributed by atoms with E-state index in [1.807, 2.05) is 24.3 Å². The Morgan fingerprint density at radius 2 is 2.00 bits per heavy atom. The van der Waals surface area contributed by atoms with Crippen LogP contribution in [0.5, 0.6) is 5.75 Å². The summed E-state index contributed by atoms with van der Waals surface area (Å²) in [5.41, 5.74) is 4.10. The van der Waals surface area contributed by atoms with Gasteiger partial charge < -0.3 is 15.0 Å². The summed E-state index contributed by atoms with van der Waals surface area (Å²) in [7, 11) is 1.61. The Hall–Kier alpha value is -3.12. The largest absolute Gasteiger partial charge is 0.497 e. The number of aromatic amines is 1. The van der Waals surface area contributed by atoms with Gasteiger partial charge in [0.05, 0.1) is 7.11 Å². The average Bonchev–Trinajstić information content (AvgIpc) is 2.80. The molecule has 162 valence electrons. The standard InChI is InChI=1S/C25H29N3O3/c1-31-22-8-9-23-21(16-22)15-19(25(30)27-23)7-10-24(29)26-12-4-13-28-14-11-18-5-2-3-6-20(18)17-28/h2-3,5-6,8-9,15-16H,4,7,10-14,17H2,1H3,(H,26,29)(H,27,30). The van der Waals surface area contributed by atoms with Crippen molar-refractivity contribution in [3.05, 3.63) is 75.6 Å². The third-order valence-corrected chi connectivity index (χ3v) is 5.93. The average molecular weight is 420 g/mol. The molecule has 0 saturated heterocycles. The molecule has 0 atom stereocenters. The molecule has 1 amide bonds. The van der Waals surface area contributed by atoms with Gasteiger partial charge in [-0.05, 0) is 54.7 Å². The van der Waals surface area contributed by atoms with Crippen LogP contribution in [-0.2, 0) is 24.2 Å². The second kappa shape index (κ2) is 9.79. The molecule has 6 heteroatoms. The fourth-order valence-corrected chi connectivity index (χ4v) is 4.15. The summed E-state index contributed by atoms with van der Waals surface area (Å²) in [6, 6.07) is 16.0. The minimum absolute atomic E-state index is 0.0193. The number of hydrogen-bond donors (Lipinski definition) is 2. The molecule has 1 aliphatic rings. The van der Waals surface area contributed by atoms with Gasteiger partial charge >= 0.3 is 0 Å². The van der Waals surface area contributed by atoms with Crippen molar-refractivity contribution >= 4 is 16.8 Å². The Balaban J connectivity index is 1.22. The second-order valence-corrected chi connectivity index (χ2v) is 8.08. The maximum absolute atomic E-state index is 12.3. The van der Waals surface area contributed by atoms with Crippen molar-refractivity contribution in [3.8, 4) is 5.75 Å². The second-order valence-electron chi connectivity index (χ2n) is 8.08. The van der Waals surface area contributed by atoms with Crippen LogP contribution in [0.15, 0.2) is 53.3 Å². The van der Waals surface area contributed by atoms with E-state index in [0.29, 0.717) is 24.9 Å². The van der Waals surface area contributed by atoms with Crippen LogP contribution >= 0.6 is 0 Å². The number of amides is 1. The number of methoxy groups -OCH3 is 1. The lowest BCUT2D eigenvalue weighted by Crippen LogP contribution is -2.33. The van der Waals surface area contributed by atoms with Crippen LogP contribution in [0.4, 0.5) is 0 Å². The number of aromatic nitrogens is 1. The maximum Gasteiger partial charge on any atom is 0.251 e. The Morgan fingerprint density at radius 1 is 1.16 bits per heavy atom. The van der Waals surface area contributed by atoms with Gasteiger partial charge in [-0.15, -0.1) is 0 Å². The number of nitrogens with one attached hydrogen (secondary N) is 2. The molecule has 2 N–H and O–H groups in total. The van der Waals surface area contributed by atoms with Crippen molar-refractivity contribution < 1.29 is 9.53 Å². The van der Waals surface area contributed by atoms with Crippen molar-refractivity contribution in [1.29, 1.82) is 0 Å². The first-order chi connectivity index (χ1) is 15.1. The summed E-state index contributed by atoms with van der Waals surface area (Å²) in [5.74, 6) is 0.717. The number of pyridine rings is 1. The third-order valence-electron chi connectivity index (χ3n) is 5.93. The van der Waals surface area contributed by atoms with E-state index < -0.39 is 0 Å². The third kappa shape index (κ3) is 5.33. The fourth-order valence-electron chi connectivity index (χ4n) is 4.15. The molecule has 1 aliphatic heterocycles. The first-order valence-corrected chi connectivity index (χ1v) is 10.9. The number of aryl methyl sites for hydroxylation is 1. The quantitative estimate of drug-likeness (QED) is 0.551. The van der Waals surface area contributed by atoms with Gasteiger partial charge in [-0.3, -0.25) is 14.5 Å². The van der Waals surface area contributed by atoms with E-state index >= 15 is 0 Å². The lowest BCUT2D eigenvalue weighted by molar-refractivity contribution is -0.121. The lowest BCUT2D eigenvalue weighted by atomic mass is 10.00. The van der Waals surface area contributed by atoms with E-state index in [-0.39, 0.29) is 11.5 Å². The van der Waals surface area contributed by atoms with E-state index in [2.05, 4.69) is 39.5 Å². The number of hydrogen-bond acceptors (Lipinski definition) is 4. The first kappa shape index (κ1) is 21.1. The van der Waals surface area contributed by atoms with Gasteiger partial charge in [0.2, 0.25) is 5.91 Å². The van der Waals surface area contributed by atoms with Crippen molar-refractivity contribution in [2.75, 3.05) is 26.7 Å². The molecular formula is C25H29N3O3. The Morgan fingerprint density at radius 3 is 2.84 bits per heavy atom. The lowest BCUT2D eigenvalue weighted by Gasteiger charge is -2.28. The van der Waals surface area contributed by atoms with Crippen LogP contribution in [0.3, 0.4) is 0 Å². The highest BCUT2D eigenvalue weighted by molar-refractivity contribution is 5.81. The molecule has 2 heterocycles. The molecular weight excluding hydrogens is 390 g/mol. The van der Waals surface area contributed by atoms with Gasteiger partial charge in [0, 0.05) is 49.1 Å². The zero-order valence-corrected chi connectivity index (χ0v) is 17.9. The highest BCUT2D eigenvalue weighted by Gasteiger charge is 2.15. The highest BCUT2D eigenvalue weighted by atomic mass is 16.5. The van der Waals surface area contributed by atoms with Gasteiger partial charge in [-0.25, -0.2) is 0 Å². The van der Waals surface area contributed by atoms with Gasteiger partial charge in [-0.1, -0.05) is 24.3 Å². The zero-order chi connectivity index (χ0) is 21.6. The van der Waals surface area contributed by atoms with Gasteiger partial charge in [0.25, 0.3) is 5.56 Å². The molecule has 4 rings (SSSR count). The molecule has 0 spiro atoms. The molecule has 0 bridgehead atoms. The number of benzene rings is 2. The van der Waals surface area contributed by atoms with E-state index in [9.17, 15) is 9.59 Å². The summed E-state index contributed by atoms with van der Waals surface area (Å²) >= 11 is 0. The van der Waals surface area contributed by atoms with Crippen molar-refractivity contribution in [2.45, 2.75) is 32.2 Å². The summed E-state index contributed by atoms with van der Waals surface area (Å²) in [5, 5.41) is 3.89. The van der Waals surface area contributed by atoms with E-state index in [4.69, 9.17) is 4.74 Å². The minimum Gasteiger partial charge on any atom is -0.497 e. The number of carbonyl (C=O) groups excluding carboxylic acids is 1. The maximum atomic E-state index is 12.3. The summed E-state index contributed by atoms with van der Waals surface area (Å²) < 4.78 is 5.25. The van der Waals surface area contributed by atoms with E-state index in [1.54, 1.807) is 7.11 Å². The molecule has 0 radical (unpaired) electrons. The molecule has 0 fully saturated rings. The molecule has 1 aromatic heterocycles. The highest BCUT2D eigenvalue weighted by Crippen LogP contribution is 2.19. The van der Waals surface area contributed by atoms with Crippen molar-refractivity contribution in [2.24, 2.45) is 0 Å². The SMILES string of the molecule is COc1ccc2[nH]c(=O)c(CCC(=O)NCCCN3CCc4ccccc4C3)cc2c1. The summed E-state index contributed by atoms with van der Waals surface area (Å²) in [6.45, 7) is 3.68. The Kier molecular flexibility index (Phi) is 6.67. The number of ether oxygens (including phenoxy) is 1. The predicted octanol–water partition coefficient (Wildman–Crippen LogP) is 3.03. The summed E-state index contributed by atoms with van der Waals surface area (Å²) in [6.07, 6.45) is 2.73. The van der Waals surface area contributed by atoms with Gasteiger partial charge in [0.15, 0.2) is 0 Å². The normalized spacial score (nSPS) is 13.7. The minimum atomic E-state index is -0.143. The van der Waals surface area contributed by atoms with Gasteiger partial charge in [-0.2, -0.15) is 0 Å². The number of nitrogens with zero attached hydrogens (tertiary/aromatic N) is 1. The first-order valence-electron chi connectivity index (χ1n) is 10.9. The summed E-state index contributed by atoms with van der Waals surface area (Å²) in [4.78, 5) is 29.9. The zero-order valence-electron chi connectivity index (χ0n) is 17.9. The van der Waals surface area contributed by atoms with Crippen LogP contribution in [0.25, 0.3) is 10.9 Å².